The molecule has 0 saturated heterocycles. The Hall–Kier alpha value is -1.07. The van der Waals surface area contributed by atoms with E-state index in [1.807, 2.05) is 0 Å². The second kappa shape index (κ2) is 7.80. The lowest BCUT2D eigenvalue weighted by Crippen LogP contribution is -2.30. The molecule has 0 spiro atoms. The Balaban J connectivity index is 2.13. The maximum atomic E-state index is 12.2. The van der Waals surface area contributed by atoms with Gasteiger partial charge >= 0.3 is 0 Å². The van der Waals surface area contributed by atoms with E-state index in [0.717, 1.165) is 6.42 Å². The third-order valence-corrected chi connectivity index (χ3v) is 4.56. The Morgan fingerprint density at radius 1 is 1.43 bits per heavy atom. The largest absolute Gasteiger partial charge is 0.383 e. The van der Waals surface area contributed by atoms with Crippen LogP contribution in [0, 0.1) is 5.92 Å². The first-order chi connectivity index (χ1) is 10.1. The Kier molecular flexibility index (Phi) is 6.06. The summed E-state index contributed by atoms with van der Waals surface area (Å²) in [5.41, 5.74) is 0.383. The number of anilines is 1. The SMILES string of the molecule is COCCn1ncc(NC2CCCCCC2C)c(Cl)c1=O. The molecule has 0 aliphatic heterocycles. The third kappa shape index (κ3) is 4.20. The topological polar surface area (TPSA) is 56.1 Å². The van der Waals surface area contributed by atoms with E-state index in [0.29, 0.717) is 30.8 Å². The standard InChI is InChI=1S/C15H24ClN3O2/c1-11-6-4-3-5-7-12(11)18-13-10-17-19(8-9-21-2)15(20)14(13)16/h10-12,18H,3-9H2,1-2H3. The molecule has 2 unspecified atom stereocenters. The summed E-state index contributed by atoms with van der Waals surface area (Å²) in [7, 11) is 1.59. The van der Waals surface area contributed by atoms with Crippen LogP contribution >= 0.6 is 11.6 Å². The van der Waals surface area contributed by atoms with E-state index in [9.17, 15) is 4.79 Å². The van der Waals surface area contributed by atoms with Crippen molar-refractivity contribution in [3.8, 4) is 0 Å². The first-order valence-corrected chi connectivity index (χ1v) is 8.02. The zero-order valence-electron chi connectivity index (χ0n) is 12.8. The molecule has 1 aromatic heterocycles. The molecule has 0 amide bonds. The van der Waals surface area contributed by atoms with E-state index in [-0.39, 0.29) is 10.6 Å². The highest BCUT2D eigenvalue weighted by molar-refractivity contribution is 6.32. The molecule has 1 fully saturated rings. The molecule has 6 heteroatoms. The van der Waals surface area contributed by atoms with Crippen molar-refractivity contribution in [1.29, 1.82) is 0 Å². The lowest BCUT2D eigenvalue weighted by molar-refractivity contribution is 0.182. The summed E-state index contributed by atoms with van der Waals surface area (Å²) >= 11 is 6.21. The Bertz CT molecular complexity index is 518. The van der Waals surface area contributed by atoms with Crippen LogP contribution in [0.5, 0.6) is 0 Å². The number of rotatable bonds is 5. The van der Waals surface area contributed by atoms with Crippen LogP contribution in [0.1, 0.15) is 39.0 Å². The van der Waals surface area contributed by atoms with Crippen LogP contribution in [-0.2, 0) is 11.3 Å². The Labute approximate surface area is 130 Å². The van der Waals surface area contributed by atoms with Crippen LogP contribution in [0.2, 0.25) is 5.02 Å². The van der Waals surface area contributed by atoms with E-state index >= 15 is 0 Å². The maximum Gasteiger partial charge on any atom is 0.287 e. The highest BCUT2D eigenvalue weighted by Crippen LogP contribution is 2.27. The number of halogens is 1. The molecule has 1 saturated carbocycles. The van der Waals surface area contributed by atoms with Crippen molar-refractivity contribution < 1.29 is 4.74 Å². The predicted octanol–water partition coefficient (Wildman–Crippen LogP) is 2.92. The first-order valence-electron chi connectivity index (χ1n) is 7.64. The molecule has 118 valence electrons. The van der Waals surface area contributed by atoms with Gasteiger partial charge in [0.15, 0.2) is 0 Å². The fraction of sp³-hybridized carbons (Fsp3) is 0.733. The fourth-order valence-electron chi connectivity index (χ4n) is 2.81. The minimum absolute atomic E-state index is 0.220. The van der Waals surface area contributed by atoms with Gasteiger partial charge in [-0.05, 0) is 18.8 Å². The molecule has 1 heterocycles. The lowest BCUT2D eigenvalue weighted by atomic mass is 9.97. The molecule has 1 aliphatic rings. The second-order valence-electron chi connectivity index (χ2n) is 5.76. The zero-order valence-corrected chi connectivity index (χ0v) is 13.5. The van der Waals surface area contributed by atoms with Gasteiger partial charge in [0.2, 0.25) is 0 Å². The summed E-state index contributed by atoms with van der Waals surface area (Å²) < 4.78 is 6.30. The van der Waals surface area contributed by atoms with Gasteiger partial charge in [0, 0.05) is 13.2 Å². The van der Waals surface area contributed by atoms with Crippen LogP contribution < -0.4 is 10.9 Å². The van der Waals surface area contributed by atoms with Crippen LogP contribution in [-0.4, -0.2) is 29.5 Å². The van der Waals surface area contributed by atoms with E-state index in [4.69, 9.17) is 16.3 Å². The number of nitrogens with zero attached hydrogens (tertiary/aromatic N) is 2. The molecule has 2 atom stereocenters. The molecule has 1 aromatic rings. The number of methoxy groups -OCH3 is 1. The van der Waals surface area contributed by atoms with Gasteiger partial charge in [0.05, 0.1) is 25.0 Å². The molecule has 0 aromatic carbocycles. The molecular formula is C15H24ClN3O2. The fourth-order valence-corrected chi connectivity index (χ4v) is 3.01. The predicted molar refractivity (Wildman–Crippen MR) is 85.0 cm³/mol. The van der Waals surface area contributed by atoms with Gasteiger partial charge in [-0.2, -0.15) is 5.10 Å². The molecule has 2 rings (SSSR count). The van der Waals surface area contributed by atoms with Crippen molar-refractivity contribution >= 4 is 17.3 Å². The van der Waals surface area contributed by atoms with E-state index in [2.05, 4.69) is 17.3 Å². The number of hydrogen-bond acceptors (Lipinski definition) is 4. The van der Waals surface area contributed by atoms with Crippen LogP contribution in [0.4, 0.5) is 5.69 Å². The quantitative estimate of drug-likeness (QED) is 0.849. The van der Waals surface area contributed by atoms with Crippen molar-refractivity contribution in [2.45, 2.75) is 51.6 Å². The average Bonchev–Trinajstić information content (AvgIpc) is 2.68. The average molecular weight is 314 g/mol. The van der Waals surface area contributed by atoms with E-state index < -0.39 is 0 Å². The van der Waals surface area contributed by atoms with Gasteiger partial charge in [-0.1, -0.05) is 37.8 Å². The van der Waals surface area contributed by atoms with Gasteiger partial charge < -0.3 is 10.1 Å². The van der Waals surface area contributed by atoms with Crippen molar-refractivity contribution in [1.82, 2.24) is 9.78 Å². The number of aromatic nitrogens is 2. The van der Waals surface area contributed by atoms with Gasteiger partial charge in [-0.3, -0.25) is 4.79 Å². The minimum atomic E-state index is -0.264. The molecule has 0 bridgehead atoms. The smallest absolute Gasteiger partial charge is 0.287 e. The highest BCUT2D eigenvalue weighted by atomic mass is 35.5. The van der Waals surface area contributed by atoms with E-state index in [1.54, 1.807) is 13.3 Å². The summed E-state index contributed by atoms with van der Waals surface area (Å²) in [5, 5.41) is 7.81. The molecule has 21 heavy (non-hydrogen) atoms. The first kappa shape index (κ1) is 16.3. The molecular weight excluding hydrogens is 290 g/mol. The van der Waals surface area contributed by atoms with Gasteiger partial charge in [-0.15, -0.1) is 0 Å². The minimum Gasteiger partial charge on any atom is -0.383 e. The summed E-state index contributed by atoms with van der Waals surface area (Å²) in [4.78, 5) is 12.2. The van der Waals surface area contributed by atoms with E-state index in [1.165, 1.54) is 30.4 Å². The Morgan fingerprint density at radius 2 is 2.19 bits per heavy atom. The molecule has 1 aliphatic carbocycles. The second-order valence-corrected chi connectivity index (χ2v) is 6.14. The normalized spacial score (nSPS) is 22.8. The highest BCUT2D eigenvalue weighted by Gasteiger charge is 2.21. The lowest BCUT2D eigenvalue weighted by Gasteiger charge is -2.24. The van der Waals surface area contributed by atoms with Crippen LogP contribution in [0.15, 0.2) is 11.0 Å². The monoisotopic (exact) mass is 313 g/mol. The molecule has 5 nitrogen and oxygen atoms in total. The van der Waals surface area contributed by atoms with Crippen molar-refractivity contribution in [2.75, 3.05) is 19.0 Å². The van der Waals surface area contributed by atoms with Crippen LogP contribution in [0.3, 0.4) is 0 Å². The third-order valence-electron chi connectivity index (χ3n) is 4.19. The summed E-state index contributed by atoms with van der Waals surface area (Å²) in [5.74, 6) is 0.583. The zero-order chi connectivity index (χ0) is 15.2. The van der Waals surface area contributed by atoms with Crippen molar-refractivity contribution in [2.24, 2.45) is 5.92 Å². The number of hydrogen-bond donors (Lipinski definition) is 1. The maximum absolute atomic E-state index is 12.2. The summed E-state index contributed by atoms with van der Waals surface area (Å²) in [6.07, 6.45) is 7.77. The van der Waals surface area contributed by atoms with Gasteiger partial charge in [-0.25, -0.2) is 4.68 Å². The Morgan fingerprint density at radius 3 is 2.95 bits per heavy atom. The number of nitrogens with one attached hydrogen (secondary N) is 1. The van der Waals surface area contributed by atoms with Crippen molar-refractivity contribution in [3.63, 3.8) is 0 Å². The molecule has 0 radical (unpaired) electrons. The van der Waals surface area contributed by atoms with Crippen molar-refractivity contribution in [3.05, 3.63) is 21.6 Å². The summed E-state index contributed by atoms with van der Waals surface area (Å²) in [6.45, 7) is 3.11. The van der Waals surface area contributed by atoms with Crippen LogP contribution in [0.25, 0.3) is 0 Å². The molecule has 1 N–H and O–H groups in total. The van der Waals surface area contributed by atoms with Gasteiger partial charge in [0.1, 0.15) is 5.02 Å². The number of ether oxygens (including phenoxy) is 1. The summed E-state index contributed by atoms with van der Waals surface area (Å²) in [6, 6.07) is 0.362. The van der Waals surface area contributed by atoms with Gasteiger partial charge in [0.25, 0.3) is 5.56 Å².